The first-order valence-electron chi connectivity index (χ1n) is 10.3. The highest BCUT2D eigenvalue weighted by Crippen LogP contribution is 2.36. The molecule has 5 nitrogen and oxygen atoms in total. The molecule has 0 aliphatic carbocycles. The minimum absolute atomic E-state index is 0.321. The Morgan fingerprint density at radius 1 is 0.667 bits per heavy atom. The number of carbonyl (C=O) groups is 3. The van der Waals surface area contributed by atoms with Crippen molar-refractivity contribution < 1.29 is 14.4 Å². The van der Waals surface area contributed by atoms with E-state index in [0.717, 1.165) is 51.4 Å². The van der Waals surface area contributed by atoms with Gasteiger partial charge in [-0.3, -0.25) is 19.4 Å². The number of rotatable bonds is 14. The highest BCUT2D eigenvalue weighted by atomic mass is 35.5. The van der Waals surface area contributed by atoms with Crippen LogP contribution in [-0.4, -0.2) is 52.5 Å². The molecule has 0 aromatic rings. The van der Waals surface area contributed by atoms with Gasteiger partial charge >= 0.3 is 6.03 Å². The Bertz CT molecular complexity index is 458. The normalized spacial score (nSPS) is 17.1. The Balaban J connectivity index is 2.84. The van der Waals surface area contributed by atoms with Crippen LogP contribution in [0, 0.1) is 5.41 Å². The lowest BCUT2D eigenvalue weighted by Gasteiger charge is -2.43. The van der Waals surface area contributed by atoms with E-state index in [9.17, 15) is 14.4 Å². The maximum Gasteiger partial charge on any atom is 0.333 e. The van der Waals surface area contributed by atoms with Crippen LogP contribution >= 0.6 is 23.2 Å². The zero-order valence-electron chi connectivity index (χ0n) is 16.8. The van der Waals surface area contributed by atoms with Gasteiger partial charge in [0.25, 0.3) is 0 Å². The number of barbiturate groups is 1. The monoisotopic (exact) mass is 420 g/mol. The zero-order chi connectivity index (χ0) is 20.3. The fourth-order valence-electron chi connectivity index (χ4n) is 3.61. The Kier molecular flexibility index (Phi) is 11.3. The molecule has 0 spiro atoms. The summed E-state index contributed by atoms with van der Waals surface area (Å²) in [6, 6.07) is -0.447. The average molecular weight is 421 g/mol. The summed E-state index contributed by atoms with van der Waals surface area (Å²) in [6.07, 6.45) is 7.99. The molecule has 1 saturated heterocycles. The van der Waals surface area contributed by atoms with Crippen LogP contribution in [0.1, 0.15) is 78.1 Å². The summed E-state index contributed by atoms with van der Waals surface area (Å²) in [5.41, 5.74) is -1.10. The second-order valence-electron chi connectivity index (χ2n) is 7.19. The van der Waals surface area contributed by atoms with Crippen LogP contribution in [-0.2, 0) is 9.59 Å². The van der Waals surface area contributed by atoms with Gasteiger partial charge in [0.1, 0.15) is 5.41 Å². The number of imide groups is 2. The summed E-state index contributed by atoms with van der Waals surface area (Å²) in [4.78, 5) is 41.6. The first-order chi connectivity index (χ1) is 13.0. The Labute approximate surface area is 173 Å². The first-order valence-corrected chi connectivity index (χ1v) is 11.4. The Morgan fingerprint density at radius 3 is 1.37 bits per heavy atom. The summed E-state index contributed by atoms with van der Waals surface area (Å²) >= 11 is 11.4. The van der Waals surface area contributed by atoms with E-state index in [0.29, 0.717) is 37.7 Å². The van der Waals surface area contributed by atoms with Crippen molar-refractivity contribution in [3.8, 4) is 0 Å². The van der Waals surface area contributed by atoms with E-state index in [2.05, 4.69) is 0 Å². The van der Waals surface area contributed by atoms with Crippen LogP contribution in [0.4, 0.5) is 4.79 Å². The highest BCUT2D eigenvalue weighted by molar-refractivity contribution is 6.19. The number of carbonyl (C=O) groups excluding carboxylic acids is 3. The standard InChI is InChI=1S/C20H34Cl2N2O3/c1-3-20(4-2)17(25)23(15-11-7-5-9-13-21)19(27)24(18(20)26)16-12-8-6-10-14-22/h3-16H2,1-2H3. The van der Waals surface area contributed by atoms with Crippen molar-refractivity contribution in [1.29, 1.82) is 0 Å². The van der Waals surface area contributed by atoms with E-state index in [1.54, 1.807) is 0 Å². The number of halogens is 2. The van der Waals surface area contributed by atoms with Gasteiger partial charge in [-0.05, 0) is 38.5 Å². The molecular weight excluding hydrogens is 387 g/mol. The largest absolute Gasteiger partial charge is 0.333 e. The van der Waals surface area contributed by atoms with Gasteiger partial charge in [-0.15, -0.1) is 23.2 Å². The smallest absolute Gasteiger partial charge is 0.273 e. The molecule has 0 radical (unpaired) electrons. The Hall–Kier alpha value is -0.810. The van der Waals surface area contributed by atoms with Crippen LogP contribution < -0.4 is 0 Å². The first kappa shape index (κ1) is 24.2. The summed E-state index contributed by atoms with van der Waals surface area (Å²) in [5, 5.41) is 0. The molecule has 27 heavy (non-hydrogen) atoms. The third kappa shape index (κ3) is 6.08. The van der Waals surface area contributed by atoms with E-state index in [4.69, 9.17) is 23.2 Å². The maximum atomic E-state index is 13.0. The van der Waals surface area contributed by atoms with Crippen molar-refractivity contribution in [2.45, 2.75) is 78.1 Å². The van der Waals surface area contributed by atoms with E-state index >= 15 is 0 Å². The molecule has 0 atom stereocenters. The summed E-state index contributed by atoms with van der Waals surface area (Å²) in [6.45, 7) is 4.45. The van der Waals surface area contributed by atoms with Crippen molar-refractivity contribution in [3.63, 3.8) is 0 Å². The molecule has 0 unspecified atom stereocenters. The highest BCUT2D eigenvalue weighted by Gasteiger charge is 2.54. The molecule has 1 fully saturated rings. The molecule has 156 valence electrons. The fourth-order valence-corrected chi connectivity index (χ4v) is 3.99. The van der Waals surface area contributed by atoms with Crippen molar-refractivity contribution >= 4 is 41.0 Å². The number of amides is 4. The van der Waals surface area contributed by atoms with Gasteiger partial charge in [0.2, 0.25) is 11.8 Å². The average Bonchev–Trinajstić information content (AvgIpc) is 2.67. The predicted molar refractivity (Wildman–Crippen MR) is 110 cm³/mol. The van der Waals surface area contributed by atoms with Crippen LogP contribution in [0.5, 0.6) is 0 Å². The second-order valence-corrected chi connectivity index (χ2v) is 7.95. The number of alkyl halides is 2. The molecule has 1 aliphatic heterocycles. The number of unbranched alkanes of at least 4 members (excludes halogenated alkanes) is 6. The summed E-state index contributed by atoms with van der Waals surface area (Å²) in [7, 11) is 0. The topological polar surface area (TPSA) is 57.7 Å². The van der Waals surface area contributed by atoms with Crippen LogP contribution in [0.25, 0.3) is 0 Å². The zero-order valence-corrected chi connectivity index (χ0v) is 18.3. The molecule has 0 aromatic heterocycles. The number of nitrogens with zero attached hydrogens (tertiary/aromatic N) is 2. The molecule has 7 heteroatoms. The molecular formula is C20H34Cl2N2O3. The lowest BCUT2D eigenvalue weighted by atomic mass is 9.78. The number of hydrogen-bond acceptors (Lipinski definition) is 3. The van der Waals surface area contributed by atoms with Crippen molar-refractivity contribution in [2.75, 3.05) is 24.8 Å². The predicted octanol–water partition coefficient (Wildman–Crippen LogP) is 5.18. The van der Waals surface area contributed by atoms with Gasteiger partial charge in [-0.1, -0.05) is 39.5 Å². The van der Waals surface area contributed by atoms with Gasteiger partial charge in [-0.25, -0.2) is 4.79 Å². The van der Waals surface area contributed by atoms with Crippen molar-refractivity contribution in [3.05, 3.63) is 0 Å². The molecule has 1 heterocycles. The lowest BCUT2D eigenvalue weighted by Crippen LogP contribution is -2.65. The molecule has 0 aromatic carbocycles. The molecule has 1 rings (SSSR count). The number of hydrogen-bond donors (Lipinski definition) is 0. The van der Waals surface area contributed by atoms with Crippen LogP contribution in [0.2, 0.25) is 0 Å². The SMILES string of the molecule is CCC1(CC)C(=O)N(CCCCCCCl)C(=O)N(CCCCCCCl)C1=O. The van der Waals surface area contributed by atoms with E-state index in [1.165, 1.54) is 9.80 Å². The van der Waals surface area contributed by atoms with Gasteiger partial charge in [0.15, 0.2) is 0 Å². The summed E-state index contributed by atoms with van der Waals surface area (Å²) in [5.74, 6) is 0.613. The van der Waals surface area contributed by atoms with Gasteiger partial charge in [-0.2, -0.15) is 0 Å². The second kappa shape index (κ2) is 12.6. The molecule has 4 amide bonds. The van der Waals surface area contributed by atoms with E-state index < -0.39 is 11.4 Å². The van der Waals surface area contributed by atoms with Crippen molar-refractivity contribution in [2.24, 2.45) is 5.41 Å². The molecule has 1 aliphatic rings. The summed E-state index contributed by atoms with van der Waals surface area (Å²) < 4.78 is 0. The van der Waals surface area contributed by atoms with Crippen molar-refractivity contribution in [1.82, 2.24) is 9.80 Å². The number of urea groups is 1. The van der Waals surface area contributed by atoms with Gasteiger partial charge in [0.05, 0.1) is 0 Å². The Morgan fingerprint density at radius 2 is 1.04 bits per heavy atom. The van der Waals surface area contributed by atoms with Crippen LogP contribution in [0.3, 0.4) is 0 Å². The molecule has 0 N–H and O–H groups in total. The lowest BCUT2D eigenvalue weighted by molar-refractivity contribution is -0.159. The quantitative estimate of drug-likeness (QED) is 0.221. The van der Waals surface area contributed by atoms with Gasteiger partial charge in [0, 0.05) is 24.8 Å². The van der Waals surface area contributed by atoms with E-state index in [1.807, 2.05) is 13.8 Å². The van der Waals surface area contributed by atoms with Crippen LogP contribution in [0.15, 0.2) is 0 Å². The van der Waals surface area contributed by atoms with Gasteiger partial charge < -0.3 is 0 Å². The third-order valence-corrected chi connectivity index (χ3v) is 6.04. The third-order valence-electron chi connectivity index (χ3n) is 5.51. The molecule has 0 saturated carbocycles. The fraction of sp³-hybridized carbons (Fsp3) is 0.850. The maximum absolute atomic E-state index is 13.0. The van der Waals surface area contributed by atoms with E-state index in [-0.39, 0.29) is 11.8 Å². The minimum atomic E-state index is -1.10. The molecule has 0 bridgehead atoms. The minimum Gasteiger partial charge on any atom is -0.273 e.